The van der Waals surface area contributed by atoms with Gasteiger partial charge in [-0.3, -0.25) is 4.79 Å². The van der Waals surface area contributed by atoms with Crippen molar-refractivity contribution in [2.45, 2.75) is 37.5 Å². The fourth-order valence-electron chi connectivity index (χ4n) is 1.79. The van der Waals surface area contributed by atoms with Crippen LogP contribution in [0, 0.1) is 0 Å². The first kappa shape index (κ1) is 11.9. The van der Waals surface area contributed by atoms with Gasteiger partial charge in [-0.25, -0.2) is 0 Å². The van der Waals surface area contributed by atoms with Gasteiger partial charge in [-0.1, -0.05) is 0 Å². The second kappa shape index (κ2) is 5.61. The highest BCUT2D eigenvalue weighted by molar-refractivity contribution is 7.81. The van der Waals surface area contributed by atoms with Gasteiger partial charge >= 0.3 is 0 Å². The number of amides is 1. The number of rotatable bonds is 2. The Morgan fingerprint density at radius 1 is 1.50 bits per heavy atom. The van der Waals surface area contributed by atoms with Crippen molar-refractivity contribution >= 4 is 18.5 Å². The summed E-state index contributed by atoms with van der Waals surface area (Å²) in [5, 5.41) is -0.186. The molecule has 1 heterocycles. The van der Waals surface area contributed by atoms with Crippen LogP contribution in [0.15, 0.2) is 0 Å². The van der Waals surface area contributed by atoms with Gasteiger partial charge in [0.15, 0.2) is 0 Å². The molecule has 0 aromatic rings. The lowest BCUT2D eigenvalue weighted by Gasteiger charge is -2.22. The Balaban J connectivity index is 2.45. The molecule has 1 fully saturated rings. The van der Waals surface area contributed by atoms with Gasteiger partial charge in [0.2, 0.25) is 5.91 Å². The second-order valence-electron chi connectivity index (χ2n) is 3.79. The third-order valence-electron chi connectivity index (χ3n) is 2.68. The summed E-state index contributed by atoms with van der Waals surface area (Å²) in [7, 11) is 1.74. The molecule has 2 unspecified atom stereocenters. The topological polar surface area (TPSA) is 29.5 Å². The molecule has 4 heteroatoms. The number of likely N-dealkylation sites (tertiary alicyclic amines) is 1. The highest BCUT2D eigenvalue weighted by Gasteiger charge is 2.22. The first-order valence-electron chi connectivity index (χ1n) is 5.14. The van der Waals surface area contributed by atoms with E-state index in [4.69, 9.17) is 4.74 Å². The molecule has 2 atom stereocenters. The molecule has 0 bridgehead atoms. The average molecular weight is 217 g/mol. The predicted molar refractivity (Wildman–Crippen MR) is 59.7 cm³/mol. The Bertz CT molecular complexity index is 197. The minimum atomic E-state index is -0.186. The van der Waals surface area contributed by atoms with E-state index >= 15 is 0 Å². The SMILES string of the molecule is COC1CCCN(C(=O)C(C)S)CC1. The Labute approximate surface area is 91.2 Å². The predicted octanol–water partition coefficient (Wildman–Crippen LogP) is 1.33. The molecule has 82 valence electrons. The van der Waals surface area contributed by atoms with Crippen LogP contribution in [0.25, 0.3) is 0 Å². The molecule has 1 saturated heterocycles. The van der Waals surface area contributed by atoms with E-state index in [-0.39, 0.29) is 11.2 Å². The lowest BCUT2D eigenvalue weighted by atomic mass is 10.2. The lowest BCUT2D eigenvalue weighted by molar-refractivity contribution is -0.130. The first-order valence-corrected chi connectivity index (χ1v) is 5.66. The summed E-state index contributed by atoms with van der Waals surface area (Å²) < 4.78 is 5.30. The van der Waals surface area contributed by atoms with Crippen molar-refractivity contribution in [1.29, 1.82) is 0 Å². The molecular formula is C10H19NO2S. The summed E-state index contributed by atoms with van der Waals surface area (Å²) in [4.78, 5) is 13.6. The summed E-state index contributed by atoms with van der Waals surface area (Å²) in [5.41, 5.74) is 0. The molecule has 0 N–H and O–H groups in total. The van der Waals surface area contributed by atoms with Crippen molar-refractivity contribution in [3.63, 3.8) is 0 Å². The lowest BCUT2D eigenvalue weighted by Crippen LogP contribution is -2.36. The Kier molecular flexibility index (Phi) is 4.75. The molecule has 0 radical (unpaired) electrons. The number of hydrogen-bond acceptors (Lipinski definition) is 3. The van der Waals surface area contributed by atoms with Crippen molar-refractivity contribution in [1.82, 2.24) is 4.90 Å². The Morgan fingerprint density at radius 2 is 2.21 bits per heavy atom. The van der Waals surface area contributed by atoms with Crippen LogP contribution in [0.1, 0.15) is 26.2 Å². The van der Waals surface area contributed by atoms with Gasteiger partial charge in [-0.2, -0.15) is 12.6 Å². The molecule has 1 aliphatic rings. The van der Waals surface area contributed by atoms with E-state index in [0.29, 0.717) is 6.10 Å². The van der Waals surface area contributed by atoms with Crippen molar-refractivity contribution in [3.05, 3.63) is 0 Å². The number of carbonyl (C=O) groups excluding carboxylic acids is 1. The largest absolute Gasteiger partial charge is 0.381 e. The van der Waals surface area contributed by atoms with Gasteiger partial charge < -0.3 is 9.64 Å². The Hall–Kier alpha value is -0.220. The Morgan fingerprint density at radius 3 is 2.79 bits per heavy atom. The smallest absolute Gasteiger partial charge is 0.235 e. The number of hydrogen-bond donors (Lipinski definition) is 1. The summed E-state index contributed by atoms with van der Waals surface area (Å²) in [6, 6.07) is 0. The number of nitrogens with zero attached hydrogens (tertiary/aromatic N) is 1. The summed E-state index contributed by atoms with van der Waals surface area (Å²) in [6.07, 6.45) is 3.36. The van der Waals surface area contributed by atoms with Crippen molar-refractivity contribution in [3.8, 4) is 0 Å². The fraction of sp³-hybridized carbons (Fsp3) is 0.900. The van der Waals surface area contributed by atoms with Crippen molar-refractivity contribution in [2.24, 2.45) is 0 Å². The fourth-order valence-corrected chi connectivity index (χ4v) is 1.95. The molecule has 14 heavy (non-hydrogen) atoms. The van der Waals surface area contributed by atoms with Crippen LogP contribution < -0.4 is 0 Å². The number of thiol groups is 1. The average Bonchev–Trinajstić information content (AvgIpc) is 2.41. The maximum absolute atomic E-state index is 11.7. The molecule has 1 amide bonds. The van der Waals surface area contributed by atoms with Gasteiger partial charge in [-0.15, -0.1) is 0 Å². The highest BCUT2D eigenvalue weighted by Crippen LogP contribution is 2.14. The minimum Gasteiger partial charge on any atom is -0.381 e. The summed E-state index contributed by atoms with van der Waals surface area (Å²) in [6.45, 7) is 3.48. The minimum absolute atomic E-state index is 0.144. The zero-order chi connectivity index (χ0) is 10.6. The summed E-state index contributed by atoms with van der Waals surface area (Å²) >= 11 is 4.16. The normalized spacial score (nSPS) is 25.6. The highest BCUT2D eigenvalue weighted by atomic mass is 32.1. The van der Waals surface area contributed by atoms with Crippen molar-refractivity contribution in [2.75, 3.05) is 20.2 Å². The maximum atomic E-state index is 11.7. The van der Waals surface area contributed by atoms with Crippen LogP contribution in [0.2, 0.25) is 0 Å². The van der Waals surface area contributed by atoms with Gasteiger partial charge in [0.1, 0.15) is 0 Å². The second-order valence-corrected chi connectivity index (χ2v) is 4.56. The van der Waals surface area contributed by atoms with Gasteiger partial charge in [0, 0.05) is 20.2 Å². The van der Waals surface area contributed by atoms with Crippen LogP contribution in [-0.2, 0) is 9.53 Å². The van der Waals surface area contributed by atoms with Crippen LogP contribution in [0.5, 0.6) is 0 Å². The van der Waals surface area contributed by atoms with E-state index in [1.807, 2.05) is 11.8 Å². The van der Waals surface area contributed by atoms with E-state index in [2.05, 4.69) is 12.6 Å². The maximum Gasteiger partial charge on any atom is 0.235 e. The number of carbonyl (C=O) groups is 1. The molecule has 0 spiro atoms. The van der Waals surface area contributed by atoms with Gasteiger partial charge in [0.05, 0.1) is 11.4 Å². The molecule has 0 aromatic heterocycles. The van der Waals surface area contributed by atoms with E-state index in [1.165, 1.54) is 0 Å². The first-order chi connectivity index (χ1) is 6.65. The van der Waals surface area contributed by atoms with Crippen molar-refractivity contribution < 1.29 is 9.53 Å². The third kappa shape index (κ3) is 3.17. The molecular weight excluding hydrogens is 198 g/mol. The number of methoxy groups -OCH3 is 1. The standard InChI is InChI=1S/C10H19NO2S/c1-8(14)10(12)11-6-3-4-9(13-2)5-7-11/h8-9,14H,3-7H2,1-2H3. The van der Waals surface area contributed by atoms with Crippen LogP contribution in [0.4, 0.5) is 0 Å². The van der Waals surface area contributed by atoms with Gasteiger partial charge in [-0.05, 0) is 26.2 Å². The quantitative estimate of drug-likeness (QED) is 0.707. The summed E-state index contributed by atoms with van der Waals surface area (Å²) in [5.74, 6) is 0.144. The van der Waals surface area contributed by atoms with E-state index in [0.717, 1.165) is 32.4 Å². The molecule has 0 aliphatic carbocycles. The zero-order valence-corrected chi connectivity index (χ0v) is 9.80. The van der Waals surface area contributed by atoms with Gasteiger partial charge in [0.25, 0.3) is 0 Å². The van der Waals surface area contributed by atoms with E-state index in [9.17, 15) is 4.79 Å². The monoisotopic (exact) mass is 217 g/mol. The van der Waals surface area contributed by atoms with E-state index in [1.54, 1.807) is 7.11 Å². The third-order valence-corrected chi connectivity index (χ3v) is 2.90. The molecule has 1 aliphatic heterocycles. The van der Waals surface area contributed by atoms with E-state index < -0.39 is 0 Å². The van der Waals surface area contributed by atoms with Crippen LogP contribution >= 0.6 is 12.6 Å². The van der Waals surface area contributed by atoms with Crippen LogP contribution in [-0.4, -0.2) is 42.4 Å². The number of ether oxygens (including phenoxy) is 1. The molecule has 0 saturated carbocycles. The molecule has 3 nitrogen and oxygen atoms in total. The van der Waals surface area contributed by atoms with Crippen LogP contribution in [0.3, 0.4) is 0 Å². The molecule has 1 rings (SSSR count). The zero-order valence-electron chi connectivity index (χ0n) is 8.90. The molecule has 0 aromatic carbocycles.